The number of fused-ring (bicyclic) bond motifs is 1. The number of benzene rings is 1. The van der Waals surface area contributed by atoms with Crippen molar-refractivity contribution in [3.8, 4) is 0 Å². The summed E-state index contributed by atoms with van der Waals surface area (Å²) in [4.78, 5) is 19.3. The van der Waals surface area contributed by atoms with E-state index in [1.807, 2.05) is 19.1 Å². The summed E-state index contributed by atoms with van der Waals surface area (Å²) in [5, 5.41) is 2.83. The Hall–Kier alpha value is -2.56. The summed E-state index contributed by atoms with van der Waals surface area (Å²) in [6, 6.07) is 9.43. The highest BCUT2D eigenvalue weighted by molar-refractivity contribution is 5.91. The first-order valence-corrected chi connectivity index (χ1v) is 6.49. The Bertz CT molecular complexity index is 729. The van der Waals surface area contributed by atoms with Crippen LogP contribution >= 0.6 is 0 Å². The monoisotopic (exact) mass is 269 g/mol. The summed E-state index contributed by atoms with van der Waals surface area (Å²) in [5.41, 5.74) is 3.14. The van der Waals surface area contributed by atoms with E-state index < -0.39 is 0 Å². The Morgan fingerprint density at radius 3 is 3.10 bits per heavy atom. The summed E-state index contributed by atoms with van der Waals surface area (Å²) < 4.78 is 5.03. The molecule has 3 aromatic rings. The van der Waals surface area contributed by atoms with Crippen LogP contribution in [0.1, 0.15) is 21.9 Å². The number of nitrogens with one attached hydrogen (secondary N) is 2. The van der Waals surface area contributed by atoms with Crippen LogP contribution in [0.15, 0.2) is 41.0 Å². The summed E-state index contributed by atoms with van der Waals surface area (Å²) >= 11 is 0. The molecule has 0 fully saturated rings. The second kappa shape index (κ2) is 5.21. The second-order valence-corrected chi connectivity index (χ2v) is 4.66. The standard InChI is InChI=1S/C15H15N3O2/c1-10-17-12-5-4-11(9-13(12)18-10)6-7-16-15(19)14-3-2-8-20-14/h2-5,8-9H,6-7H2,1H3,(H,16,19)(H,17,18). The SMILES string of the molecule is Cc1nc2ccc(CCNC(=O)c3ccco3)cc2[nH]1. The molecule has 0 unspecified atom stereocenters. The third-order valence-corrected chi connectivity index (χ3v) is 3.11. The molecule has 0 saturated carbocycles. The number of amides is 1. The van der Waals surface area contributed by atoms with Crippen LogP contribution in [0.4, 0.5) is 0 Å². The van der Waals surface area contributed by atoms with E-state index in [2.05, 4.69) is 21.4 Å². The molecule has 0 aliphatic carbocycles. The fraction of sp³-hybridized carbons (Fsp3) is 0.200. The summed E-state index contributed by atoms with van der Waals surface area (Å²) in [5.74, 6) is 1.06. The fourth-order valence-corrected chi connectivity index (χ4v) is 2.16. The van der Waals surface area contributed by atoms with Gasteiger partial charge in [-0.05, 0) is 43.2 Å². The zero-order valence-electron chi connectivity index (χ0n) is 11.1. The zero-order chi connectivity index (χ0) is 13.9. The number of carbonyl (C=O) groups is 1. The molecule has 3 rings (SSSR count). The molecule has 0 aliphatic rings. The largest absolute Gasteiger partial charge is 0.459 e. The summed E-state index contributed by atoms with van der Waals surface area (Å²) in [7, 11) is 0. The van der Waals surface area contributed by atoms with Crippen LogP contribution in [0.5, 0.6) is 0 Å². The van der Waals surface area contributed by atoms with Gasteiger partial charge in [-0.2, -0.15) is 0 Å². The Kier molecular flexibility index (Phi) is 3.25. The lowest BCUT2D eigenvalue weighted by Gasteiger charge is -2.03. The lowest BCUT2D eigenvalue weighted by atomic mass is 10.1. The van der Waals surface area contributed by atoms with Crippen LogP contribution in [-0.4, -0.2) is 22.4 Å². The maximum Gasteiger partial charge on any atom is 0.286 e. The van der Waals surface area contributed by atoms with Crippen molar-refractivity contribution in [1.29, 1.82) is 0 Å². The third kappa shape index (κ3) is 2.56. The van der Waals surface area contributed by atoms with Crippen LogP contribution < -0.4 is 5.32 Å². The van der Waals surface area contributed by atoms with Crippen molar-refractivity contribution in [2.45, 2.75) is 13.3 Å². The molecule has 20 heavy (non-hydrogen) atoms. The molecule has 1 aromatic carbocycles. The second-order valence-electron chi connectivity index (χ2n) is 4.66. The maximum atomic E-state index is 11.7. The van der Waals surface area contributed by atoms with E-state index >= 15 is 0 Å². The van der Waals surface area contributed by atoms with Crippen molar-refractivity contribution in [3.05, 3.63) is 53.7 Å². The van der Waals surface area contributed by atoms with Gasteiger partial charge in [0.2, 0.25) is 0 Å². The number of H-pyrrole nitrogens is 1. The number of carbonyl (C=O) groups excluding carboxylic acids is 1. The van der Waals surface area contributed by atoms with E-state index in [4.69, 9.17) is 4.42 Å². The smallest absolute Gasteiger partial charge is 0.286 e. The molecule has 2 heterocycles. The van der Waals surface area contributed by atoms with Crippen LogP contribution in [0, 0.1) is 6.92 Å². The van der Waals surface area contributed by atoms with Crippen LogP contribution in [0.2, 0.25) is 0 Å². The van der Waals surface area contributed by atoms with Gasteiger partial charge in [0.05, 0.1) is 17.3 Å². The number of aryl methyl sites for hydroxylation is 1. The van der Waals surface area contributed by atoms with Crippen molar-refractivity contribution in [1.82, 2.24) is 15.3 Å². The minimum Gasteiger partial charge on any atom is -0.459 e. The number of imidazole rings is 1. The number of hydrogen-bond donors (Lipinski definition) is 2. The van der Waals surface area contributed by atoms with E-state index in [1.54, 1.807) is 12.1 Å². The number of furan rings is 1. The van der Waals surface area contributed by atoms with Gasteiger partial charge < -0.3 is 14.7 Å². The molecule has 2 N–H and O–H groups in total. The molecular formula is C15H15N3O2. The highest BCUT2D eigenvalue weighted by Gasteiger charge is 2.07. The quantitative estimate of drug-likeness (QED) is 0.764. The van der Waals surface area contributed by atoms with Crippen molar-refractivity contribution < 1.29 is 9.21 Å². The average molecular weight is 269 g/mol. The molecular weight excluding hydrogens is 254 g/mol. The van der Waals surface area contributed by atoms with Crippen molar-refractivity contribution in [3.63, 3.8) is 0 Å². The number of aromatic nitrogens is 2. The molecule has 0 atom stereocenters. The Morgan fingerprint density at radius 1 is 1.40 bits per heavy atom. The van der Waals surface area contributed by atoms with E-state index in [-0.39, 0.29) is 5.91 Å². The van der Waals surface area contributed by atoms with Crippen molar-refractivity contribution in [2.24, 2.45) is 0 Å². The van der Waals surface area contributed by atoms with Crippen molar-refractivity contribution >= 4 is 16.9 Å². The van der Waals surface area contributed by atoms with Crippen LogP contribution in [0.3, 0.4) is 0 Å². The van der Waals surface area contributed by atoms with Gasteiger partial charge in [-0.1, -0.05) is 6.07 Å². The minimum absolute atomic E-state index is 0.187. The van der Waals surface area contributed by atoms with Gasteiger partial charge in [0, 0.05) is 6.54 Å². The van der Waals surface area contributed by atoms with Gasteiger partial charge in [-0.15, -0.1) is 0 Å². The van der Waals surface area contributed by atoms with Crippen molar-refractivity contribution in [2.75, 3.05) is 6.54 Å². The molecule has 1 amide bonds. The highest BCUT2D eigenvalue weighted by atomic mass is 16.3. The molecule has 5 heteroatoms. The first-order valence-electron chi connectivity index (χ1n) is 6.49. The minimum atomic E-state index is -0.187. The highest BCUT2D eigenvalue weighted by Crippen LogP contribution is 2.13. The topological polar surface area (TPSA) is 70.9 Å². The first-order chi connectivity index (χ1) is 9.72. The summed E-state index contributed by atoms with van der Waals surface area (Å²) in [6.07, 6.45) is 2.25. The van der Waals surface area contributed by atoms with Crippen LogP contribution in [-0.2, 0) is 6.42 Å². The normalized spacial score (nSPS) is 10.8. The molecule has 0 saturated heterocycles. The molecule has 0 spiro atoms. The first kappa shape index (κ1) is 12.5. The lowest BCUT2D eigenvalue weighted by Crippen LogP contribution is -2.25. The van der Waals surface area contributed by atoms with Gasteiger partial charge in [0.1, 0.15) is 5.82 Å². The Morgan fingerprint density at radius 2 is 2.30 bits per heavy atom. The molecule has 0 aliphatic heterocycles. The zero-order valence-corrected chi connectivity index (χ0v) is 11.1. The van der Waals surface area contributed by atoms with Gasteiger partial charge in [0.25, 0.3) is 5.91 Å². The molecule has 102 valence electrons. The maximum absolute atomic E-state index is 11.7. The predicted molar refractivity (Wildman–Crippen MR) is 75.6 cm³/mol. The Balaban J connectivity index is 1.61. The van der Waals surface area contributed by atoms with Gasteiger partial charge >= 0.3 is 0 Å². The molecule has 0 bridgehead atoms. The van der Waals surface area contributed by atoms with Gasteiger partial charge in [-0.25, -0.2) is 4.98 Å². The molecule has 0 radical (unpaired) electrons. The van der Waals surface area contributed by atoms with E-state index in [9.17, 15) is 4.79 Å². The number of hydrogen-bond acceptors (Lipinski definition) is 3. The van der Waals surface area contributed by atoms with E-state index in [1.165, 1.54) is 6.26 Å². The Labute approximate surface area is 116 Å². The van der Waals surface area contributed by atoms with Gasteiger partial charge in [-0.3, -0.25) is 4.79 Å². The molecule has 5 nitrogen and oxygen atoms in total. The number of rotatable bonds is 4. The molecule has 2 aromatic heterocycles. The van der Waals surface area contributed by atoms with E-state index in [0.717, 1.165) is 28.8 Å². The van der Waals surface area contributed by atoms with E-state index in [0.29, 0.717) is 12.3 Å². The third-order valence-electron chi connectivity index (χ3n) is 3.11. The average Bonchev–Trinajstić information content (AvgIpc) is 3.05. The van der Waals surface area contributed by atoms with Crippen LogP contribution in [0.25, 0.3) is 11.0 Å². The fourth-order valence-electron chi connectivity index (χ4n) is 2.16. The predicted octanol–water partition coefficient (Wildman–Crippen LogP) is 2.44. The van der Waals surface area contributed by atoms with Gasteiger partial charge in [0.15, 0.2) is 5.76 Å². The number of nitrogens with zero attached hydrogens (tertiary/aromatic N) is 1. The number of aromatic amines is 1. The lowest BCUT2D eigenvalue weighted by molar-refractivity contribution is 0.0926. The summed E-state index contributed by atoms with van der Waals surface area (Å²) in [6.45, 7) is 2.50.